The highest BCUT2D eigenvalue weighted by Gasteiger charge is 2.08. The van der Waals surface area contributed by atoms with Crippen LogP contribution in [0.3, 0.4) is 0 Å². The van der Waals surface area contributed by atoms with Crippen LogP contribution in [-0.4, -0.2) is 31.3 Å². The third-order valence-electron chi connectivity index (χ3n) is 2.27. The molecule has 6 nitrogen and oxygen atoms in total. The number of H-pyrrole nitrogens is 1. The van der Waals surface area contributed by atoms with Crippen LogP contribution in [0, 0.1) is 0 Å². The summed E-state index contributed by atoms with van der Waals surface area (Å²) in [4.78, 5) is 8.61. The third kappa shape index (κ3) is 2.27. The van der Waals surface area contributed by atoms with E-state index in [1.165, 1.54) is 0 Å². The molecule has 2 aromatic rings. The second-order valence-corrected chi connectivity index (χ2v) is 3.64. The molecule has 6 heteroatoms. The molecule has 3 N–H and O–H groups in total. The molecule has 0 spiro atoms. The Hall–Kier alpha value is -1.69. The average Bonchev–Trinajstić information content (AvgIpc) is 2.87. The minimum atomic E-state index is 0.602. The summed E-state index contributed by atoms with van der Waals surface area (Å²) < 4.78 is 1.94. The quantitative estimate of drug-likeness (QED) is 0.771. The summed E-state index contributed by atoms with van der Waals surface area (Å²) >= 11 is 0. The van der Waals surface area contributed by atoms with Gasteiger partial charge in [-0.05, 0) is 6.42 Å². The predicted molar refractivity (Wildman–Crippen MR) is 60.7 cm³/mol. The van der Waals surface area contributed by atoms with E-state index in [0.29, 0.717) is 12.4 Å². The zero-order chi connectivity index (χ0) is 11.4. The van der Waals surface area contributed by atoms with Crippen molar-refractivity contribution in [3.8, 4) is 11.5 Å². The normalized spacial score (nSPS) is 10.9. The molecule has 2 aromatic heterocycles. The molecule has 16 heavy (non-hydrogen) atoms. The van der Waals surface area contributed by atoms with Crippen LogP contribution < -0.4 is 5.73 Å². The van der Waals surface area contributed by atoms with Crippen molar-refractivity contribution in [1.29, 1.82) is 0 Å². The van der Waals surface area contributed by atoms with E-state index in [4.69, 9.17) is 5.73 Å². The van der Waals surface area contributed by atoms with Gasteiger partial charge in [0, 0.05) is 25.7 Å². The number of hydrogen-bond acceptors (Lipinski definition) is 4. The number of aromatic amines is 1. The van der Waals surface area contributed by atoms with E-state index in [1.54, 1.807) is 6.33 Å². The Balaban J connectivity index is 2.14. The molecule has 86 valence electrons. The van der Waals surface area contributed by atoms with Gasteiger partial charge in [0.1, 0.15) is 11.5 Å². The van der Waals surface area contributed by atoms with Gasteiger partial charge in [-0.1, -0.05) is 6.92 Å². The van der Waals surface area contributed by atoms with Crippen molar-refractivity contribution in [1.82, 2.24) is 24.7 Å². The van der Waals surface area contributed by atoms with Crippen LogP contribution in [0.15, 0.2) is 12.5 Å². The number of imidazole rings is 1. The second kappa shape index (κ2) is 4.89. The summed E-state index contributed by atoms with van der Waals surface area (Å²) in [6.07, 6.45) is 5.62. The maximum atomic E-state index is 5.47. The molecule has 0 saturated carbocycles. The molecular formula is C10H16N6. The van der Waals surface area contributed by atoms with Gasteiger partial charge < -0.3 is 10.3 Å². The van der Waals surface area contributed by atoms with Gasteiger partial charge in [0.05, 0.1) is 6.33 Å². The fourth-order valence-corrected chi connectivity index (χ4v) is 1.51. The van der Waals surface area contributed by atoms with E-state index in [1.807, 2.05) is 10.8 Å². The predicted octanol–water partition coefficient (Wildman–Crippen LogP) is 0.579. The Morgan fingerprint density at radius 3 is 3.12 bits per heavy atom. The fourth-order valence-electron chi connectivity index (χ4n) is 1.51. The zero-order valence-electron chi connectivity index (χ0n) is 9.35. The third-order valence-corrected chi connectivity index (χ3v) is 2.27. The molecule has 0 fully saturated rings. The molecule has 0 atom stereocenters. The van der Waals surface area contributed by atoms with Gasteiger partial charge in [-0.15, -0.1) is 0 Å². The van der Waals surface area contributed by atoms with E-state index >= 15 is 0 Å². The van der Waals surface area contributed by atoms with Gasteiger partial charge in [0.25, 0.3) is 0 Å². The Labute approximate surface area is 93.9 Å². The lowest BCUT2D eigenvalue weighted by atomic mass is 10.3. The summed E-state index contributed by atoms with van der Waals surface area (Å²) in [5.74, 6) is 1.56. The van der Waals surface area contributed by atoms with Gasteiger partial charge in [-0.2, -0.15) is 5.10 Å². The van der Waals surface area contributed by atoms with Crippen LogP contribution in [0.5, 0.6) is 0 Å². The molecule has 0 saturated heterocycles. The van der Waals surface area contributed by atoms with E-state index in [9.17, 15) is 0 Å². The van der Waals surface area contributed by atoms with E-state index in [2.05, 4.69) is 27.1 Å². The van der Waals surface area contributed by atoms with Crippen LogP contribution in [-0.2, 0) is 13.0 Å². The largest absolute Gasteiger partial charge is 0.335 e. The van der Waals surface area contributed by atoms with Crippen LogP contribution in [0.4, 0.5) is 0 Å². The number of nitrogens with two attached hydrogens (primary N) is 1. The first kappa shape index (κ1) is 10.8. The number of nitrogens with one attached hydrogen (secondary N) is 1. The van der Waals surface area contributed by atoms with Crippen molar-refractivity contribution in [2.75, 3.05) is 6.54 Å². The molecule has 0 radical (unpaired) electrons. The lowest BCUT2D eigenvalue weighted by Crippen LogP contribution is -2.07. The average molecular weight is 220 g/mol. The van der Waals surface area contributed by atoms with Gasteiger partial charge in [-0.3, -0.25) is 5.10 Å². The van der Waals surface area contributed by atoms with Crippen molar-refractivity contribution >= 4 is 0 Å². The number of aryl methyl sites for hydroxylation is 1. The lowest BCUT2D eigenvalue weighted by Gasteiger charge is -1.94. The maximum Gasteiger partial charge on any atom is 0.201 e. The van der Waals surface area contributed by atoms with Crippen molar-refractivity contribution < 1.29 is 0 Å². The van der Waals surface area contributed by atoms with Crippen molar-refractivity contribution in [2.24, 2.45) is 5.73 Å². The van der Waals surface area contributed by atoms with Gasteiger partial charge in [0.15, 0.2) is 0 Å². The summed E-state index contributed by atoms with van der Waals surface area (Å²) in [5.41, 5.74) is 6.25. The van der Waals surface area contributed by atoms with Crippen LogP contribution >= 0.6 is 0 Å². The molecule has 2 heterocycles. The summed E-state index contributed by atoms with van der Waals surface area (Å²) in [7, 11) is 0. The lowest BCUT2D eigenvalue weighted by molar-refractivity contribution is 0.708. The highest BCUT2D eigenvalue weighted by molar-refractivity contribution is 5.46. The van der Waals surface area contributed by atoms with E-state index in [-0.39, 0.29) is 0 Å². The smallest absolute Gasteiger partial charge is 0.201 e. The van der Waals surface area contributed by atoms with Crippen molar-refractivity contribution in [2.45, 2.75) is 26.3 Å². The summed E-state index contributed by atoms with van der Waals surface area (Å²) in [6, 6.07) is 0. The van der Waals surface area contributed by atoms with Gasteiger partial charge >= 0.3 is 0 Å². The molecule has 2 rings (SSSR count). The Morgan fingerprint density at radius 2 is 2.38 bits per heavy atom. The van der Waals surface area contributed by atoms with Crippen LogP contribution in [0.1, 0.15) is 19.2 Å². The Bertz CT molecular complexity index is 401. The molecule has 0 bridgehead atoms. The highest BCUT2D eigenvalue weighted by atomic mass is 15.2. The molecule has 0 amide bonds. The number of nitrogens with zero attached hydrogens (tertiary/aromatic N) is 4. The first-order valence-corrected chi connectivity index (χ1v) is 5.47. The number of rotatable bonds is 5. The highest BCUT2D eigenvalue weighted by Crippen LogP contribution is 2.11. The molecule has 0 aromatic carbocycles. The van der Waals surface area contributed by atoms with E-state index in [0.717, 1.165) is 30.9 Å². The molecule has 0 aliphatic rings. The second-order valence-electron chi connectivity index (χ2n) is 3.64. The minimum absolute atomic E-state index is 0.602. The van der Waals surface area contributed by atoms with Gasteiger partial charge in [-0.25, -0.2) is 9.97 Å². The summed E-state index contributed by atoms with van der Waals surface area (Å²) in [6.45, 7) is 3.47. The minimum Gasteiger partial charge on any atom is -0.335 e. The maximum absolute atomic E-state index is 5.47. The first-order chi connectivity index (χ1) is 7.83. The van der Waals surface area contributed by atoms with E-state index < -0.39 is 0 Å². The van der Waals surface area contributed by atoms with Crippen LogP contribution in [0.2, 0.25) is 0 Å². The molecular weight excluding hydrogens is 204 g/mol. The zero-order valence-corrected chi connectivity index (χ0v) is 9.35. The molecule has 0 unspecified atom stereocenters. The number of aromatic nitrogens is 5. The standard InChI is InChI=1S/C10H16N6/c1-2-3-9-13-10(15-14-9)8-6-16(5-4-11)7-12-8/h6-7H,2-5,11H2,1H3,(H,13,14,15). The fraction of sp³-hybridized carbons (Fsp3) is 0.500. The van der Waals surface area contributed by atoms with Crippen LogP contribution in [0.25, 0.3) is 11.5 Å². The van der Waals surface area contributed by atoms with Crippen molar-refractivity contribution in [3.05, 3.63) is 18.3 Å². The number of hydrogen-bond donors (Lipinski definition) is 2. The molecule has 0 aliphatic heterocycles. The Kier molecular flexibility index (Phi) is 3.31. The Morgan fingerprint density at radius 1 is 1.50 bits per heavy atom. The monoisotopic (exact) mass is 220 g/mol. The first-order valence-electron chi connectivity index (χ1n) is 5.47. The topological polar surface area (TPSA) is 85.4 Å². The van der Waals surface area contributed by atoms with Crippen molar-refractivity contribution in [3.63, 3.8) is 0 Å². The SMILES string of the molecule is CCCc1nc(-c2cn(CCN)cn2)n[nH]1. The summed E-state index contributed by atoms with van der Waals surface area (Å²) in [5, 5.41) is 7.05. The van der Waals surface area contributed by atoms with Gasteiger partial charge in [0.2, 0.25) is 5.82 Å². The molecule has 0 aliphatic carbocycles.